The molecule has 88 valence electrons. The second-order valence-corrected chi connectivity index (χ2v) is 4.35. The molecule has 3 nitrogen and oxygen atoms in total. The van der Waals surface area contributed by atoms with E-state index >= 15 is 0 Å². The van der Waals surface area contributed by atoms with Crippen molar-refractivity contribution in [3.63, 3.8) is 0 Å². The average molecular weight is 232 g/mol. The van der Waals surface area contributed by atoms with Crippen molar-refractivity contribution in [1.29, 1.82) is 0 Å². The molecule has 0 aliphatic carbocycles. The Hall–Kier alpha value is -1.68. The topological polar surface area (TPSA) is 48.1 Å². The van der Waals surface area contributed by atoms with Crippen LogP contribution in [0.15, 0.2) is 12.1 Å². The molecule has 4 heteroatoms. The fourth-order valence-corrected chi connectivity index (χ4v) is 2.22. The van der Waals surface area contributed by atoms with E-state index in [1.165, 1.54) is 0 Å². The van der Waals surface area contributed by atoms with Gasteiger partial charge in [-0.25, -0.2) is 9.37 Å². The first-order chi connectivity index (χ1) is 8.18. The molecule has 0 saturated heterocycles. The zero-order valence-electron chi connectivity index (χ0n) is 9.59. The number of hydrogen-bond donors (Lipinski definition) is 1. The Kier molecular flexibility index (Phi) is 2.26. The third kappa shape index (κ3) is 1.48. The van der Waals surface area contributed by atoms with Gasteiger partial charge in [-0.2, -0.15) is 0 Å². The van der Waals surface area contributed by atoms with E-state index in [1.807, 2.05) is 6.07 Å². The number of nitrogens with zero attached hydrogens (tertiary/aromatic N) is 1. The third-order valence-corrected chi connectivity index (χ3v) is 3.25. The maximum atomic E-state index is 14.0. The number of ether oxygens (including phenoxy) is 1. The average Bonchev–Trinajstić information content (AvgIpc) is 2.35. The summed E-state index contributed by atoms with van der Waals surface area (Å²) in [5, 5.41) is 0.678. The summed E-state index contributed by atoms with van der Waals surface area (Å²) >= 11 is 0. The Bertz CT molecular complexity index is 610. The van der Waals surface area contributed by atoms with Crippen LogP contribution < -0.4 is 5.73 Å². The van der Waals surface area contributed by atoms with Gasteiger partial charge in [0.1, 0.15) is 5.52 Å². The highest BCUT2D eigenvalue weighted by Crippen LogP contribution is 2.31. The predicted molar refractivity (Wildman–Crippen MR) is 64.2 cm³/mol. The van der Waals surface area contributed by atoms with Crippen molar-refractivity contribution < 1.29 is 9.13 Å². The van der Waals surface area contributed by atoms with Crippen LogP contribution in [-0.4, -0.2) is 11.6 Å². The van der Waals surface area contributed by atoms with Crippen molar-refractivity contribution in [1.82, 2.24) is 4.98 Å². The van der Waals surface area contributed by atoms with Crippen molar-refractivity contribution >= 4 is 16.6 Å². The lowest BCUT2D eigenvalue weighted by Gasteiger charge is -2.19. The number of aromatic nitrogens is 1. The third-order valence-electron chi connectivity index (χ3n) is 3.25. The van der Waals surface area contributed by atoms with Crippen molar-refractivity contribution in [3.8, 4) is 0 Å². The molecular weight excluding hydrogens is 219 g/mol. The monoisotopic (exact) mass is 232 g/mol. The number of pyridine rings is 1. The summed E-state index contributed by atoms with van der Waals surface area (Å²) in [6.07, 6.45) is 0.697. The Morgan fingerprint density at radius 1 is 1.41 bits per heavy atom. The number of benzene rings is 1. The largest absolute Gasteiger partial charge is 0.398 e. The minimum atomic E-state index is -0.275. The zero-order chi connectivity index (χ0) is 12.0. The van der Waals surface area contributed by atoms with Crippen LogP contribution in [0.4, 0.5) is 10.1 Å². The molecule has 1 aliphatic rings. The fraction of sp³-hybridized carbons (Fsp3) is 0.308. The van der Waals surface area contributed by atoms with E-state index < -0.39 is 0 Å². The van der Waals surface area contributed by atoms with Crippen LogP contribution in [0.2, 0.25) is 0 Å². The maximum absolute atomic E-state index is 14.0. The number of aryl methyl sites for hydroxylation is 1. The van der Waals surface area contributed by atoms with Gasteiger partial charge in [0.2, 0.25) is 0 Å². The summed E-state index contributed by atoms with van der Waals surface area (Å²) < 4.78 is 19.4. The number of fused-ring (bicyclic) bond motifs is 2. The molecule has 0 saturated carbocycles. The normalized spacial score (nSPS) is 14.9. The summed E-state index contributed by atoms with van der Waals surface area (Å²) in [5.41, 5.74) is 9.42. The van der Waals surface area contributed by atoms with Gasteiger partial charge in [0.25, 0.3) is 0 Å². The Balaban J connectivity index is 2.40. The van der Waals surface area contributed by atoms with E-state index in [2.05, 4.69) is 4.98 Å². The lowest BCUT2D eigenvalue weighted by atomic mass is 10.0. The van der Waals surface area contributed by atoms with Gasteiger partial charge in [0.05, 0.1) is 18.9 Å². The van der Waals surface area contributed by atoms with Crippen molar-refractivity contribution in [2.45, 2.75) is 20.0 Å². The molecule has 0 amide bonds. The maximum Gasteiger partial charge on any atom is 0.152 e. The Morgan fingerprint density at radius 3 is 3.06 bits per heavy atom. The molecule has 17 heavy (non-hydrogen) atoms. The second-order valence-electron chi connectivity index (χ2n) is 4.35. The molecule has 1 aromatic heterocycles. The number of nitrogens with two attached hydrogens (primary N) is 1. The van der Waals surface area contributed by atoms with Crippen molar-refractivity contribution in [2.75, 3.05) is 12.3 Å². The smallest absolute Gasteiger partial charge is 0.152 e. The predicted octanol–water partition coefficient (Wildman–Crippen LogP) is 2.34. The molecule has 0 radical (unpaired) electrons. The molecular formula is C13H13FN2O. The van der Waals surface area contributed by atoms with Crippen LogP contribution in [0.3, 0.4) is 0 Å². The number of nitrogen functional groups attached to an aromatic ring is 1. The first-order valence-corrected chi connectivity index (χ1v) is 5.62. The molecule has 1 aromatic carbocycles. The van der Waals surface area contributed by atoms with E-state index in [-0.39, 0.29) is 5.82 Å². The summed E-state index contributed by atoms with van der Waals surface area (Å²) in [7, 11) is 0. The molecule has 0 spiro atoms. The molecule has 2 heterocycles. The molecule has 1 aliphatic heterocycles. The number of rotatable bonds is 0. The van der Waals surface area contributed by atoms with Gasteiger partial charge >= 0.3 is 0 Å². The fourth-order valence-electron chi connectivity index (χ4n) is 2.22. The van der Waals surface area contributed by atoms with Crippen LogP contribution in [0.5, 0.6) is 0 Å². The lowest BCUT2D eigenvalue weighted by Crippen LogP contribution is -2.14. The molecule has 0 bridgehead atoms. The highest BCUT2D eigenvalue weighted by molar-refractivity contribution is 5.93. The van der Waals surface area contributed by atoms with Gasteiger partial charge in [0, 0.05) is 23.1 Å². The van der Waals surface area contributed by atoms with Crippen LogP contribution in [-0.2, 0) is 17.8 Å². The van der Waals surface area contributed by atoms with Crippen LogP contribution in [0.25, 0.3) is 10.9 Å². The molecule has 0 fully saturated rings. The van der Waals surface area contributed by atoms with Crippen LogP contribution in [0.1, 0.15) is 16.8 Å². The van der Waals surface area contributed by atoms with E-state index in [9.17, 15) is 4.39 Å². The van der Waals surface area contributed by atoms with Crippen molar-refractivity contribution in [2.24, 2.45) is 0 Å². The lowest BCUT2D eigenvalue weighted by molar-refractivity contribution is 0.110. The van der Waals surface area contributed by atoms with Gasteiger partial charge < -0.3 is 10.5 Å². The van der Waals surface area contributed by atoms with Gasteiger partial charge in [-0.05, 0) is 12.5 Å². The minimum Gasteiger partial charge on any atom is -0.398 e. The van der Waals surface area contributed by atoms with Crippen molar-refractivity contribution in [3.05, 3.63) is 34.8 Å². The summed E-state index contributed by atoms with van der Waals surface area (Å²) in [6, 6.07) is 3.55. The Labute approximate surface area is 98.4 Å². The van der Waals surface area contributed by atoms with E-state index in [0.29, 0.717) is 41.8 Å². The minimum absolute atomic E-state index is 0.275. The molecule has 2 aromatic rings. The SMILES string of the molecule is Cc1ccc2c(N)c3c(nc2c1F)CCOC3. The highest BCUT2D eigenvalue weighted by Gasteiger charge is 2.18. The van der Waals surface area contributed by atoms with Gasteiger partial charge in [0.15, 0.2) is 5.82 Å². The first kappa shape index (κ1) is 10.5. The summed E-state index contributed by atoms with van der Waals surface area (Å²) in [4.78, 5) is 4.40. The van der Waals surface area contributed by atoms with Crippen LogP contribution in [0, 0.1) is 12.7 Å². The molecule has 2 N–H and O–H groups in total. The summed E-state index contributed by atoms with van der Waals surface area (Å²) in [6.45, 7) is 2.83. The van der Waals surface area contributed by atoms with Gasteiger partial charge in [-0.1, -0.05) is 12.1 Å². The number of hydrogen-bond acceptors (Lipinski definition) is 3. The quantitative estimate of drug-likeness (QED) is 0.758. The molecule has 0 atom stereocenters. The number of anilines is 1. The van der Waals surface area contributed by atoms with E-state index in [1.54, 1.807) is 13.0 Å². The van der Waals surface area contributed by atoms with E-state index in [0.717, 1.165) is 11.3 Å². The standard InChI is InChI=1S/C13H13FN2O/c1-7-2-3-8-12(15)9-6-17-5-4-10(9)16-13(8)11(7)14/h2-3H,4-6H2,1H3,(H2,15,16). The zero-order valence-corrected chi connectivity index (χ0v) is 9.59. The molecule has 3 rings (SSSR count). The summed E-state index contributed by atoms with van der Waals surface area (Å²) in [5.74, 6) is -0.275. The van der Waals surface area contributed by atoms with Gasteiger partial charge in [-0.3, -0.25) is 0 Å². The van der Waals surface area contributed by atoms with Gasteiger partial charge in [-0.15, -0.1) is 0 Å². The van der Waals surface area contributed by atoms with E-state index in [4.69, 9.17) is 10.5 Å². The number of halogens is 1. The molecule has 0 unspecified atom stereocenters. The second kappa shape index (κ2) is 3.67. The van der Waals surface area contributed by atoms with Crippen LogP contribution >= 0.6 is 0 Å². The first-order valence-electron chi connectivity index (χ1n) is 5.62. The highest BCUT2D eigenvalue weighted by atomic mass is 19.1. The Morgan fingerprint density at radius 2 is 2.24 bits per heavy atom.